The zero-order chi connectivity index (χ0) is 13.1. The fraction of sp³-hybridized carbons (Fsp3) is 0.429. The Morgan fingerprint density at radius 2 is 2.21 bits per heavy atom. The molecule has 0 radical (unpaired) electrons. The van der Waals surface area contributed by atoms with Gasteiger partial charge in [0, 0.05) is 24.2 Å². The number of aromatic nitrogens is 1. The molecule has 1 fully saturated rings. The van der Waals surface area contributed by atoms with Crippen LogP contribution in [0.15, 0.2) is 28.8 Å². The fourth-order valence-electron chi connectivity index (χ4n) is 2.32. The van der Waals surface area contributed by atoms with E-state index < -0.39 is 0 Å². The Balaban J connectivity index is 1.75. The van der Waals surface area contributed by atoms with E-state index in [2.05, 4.69) is 5.16 Å². The maximum absolute atomic E-state index is 12.3. The number of carbonyl (C=O) groups is 1. The van der Waals surface area contributed by atoms with E-state index in [9.17, 15) is 4.79 Å². The average Bonchev–Trinajstić information content (AvgIpc) is 2.66. The number of nitrogens with zero attached hydrogens (tertiary/aromatic N) is 2. The van der Waals surface area contributed by atoms with Gasteiger partial charge in [0.25, 0.3) is 0 Å². The third-order valence-electron chi connectivity index (χ3n) is 3.35. The lowest BCUT2D eigenvalue weighted by molar-refractivity contribution is -0.130. The second-order valence-corrected chi connectivity index (χ2v) is 5.87. The first-order valence-electron chi connectivity index (χ1n) is 6.53. The van der Waals surface area contributed by atoms with Crippen molar-refractivity contribution in [3.8, 4) is 0 Å². The van der Waals surface area contributed by atoms with Gasteiger partial charge in [0.15, 0.2) is 5.58 Å². The number of benzene rings is 1. The van der Waals surface area contributed by atoms with E-state index >= 15 is 0 Å². The van der Waals surface area contributed by atoms with Crippen molar-refractivity contribution >= 4 is 28.6 Å². The monoisotopic (exact) mass is 276 g/mol. The molecule has 0 N–H and O–H groups in total. The maximum atomic E-state index is 12.3. The van der Waals surface area contributed by atoms with Gasteiger partial charge in [-0.3, -0.25) is 4.79 Å². The Hall–Kier alpha value is -1.49. The quantitative estimate of drug-likeness (QED) is 0.844. The van der Waals surface area contributed by atoms with Gasteiger partial charge in [-0.05, 0) is 24.3 Å². The predicted molar refractivity (Wildman–Crippen MR) is 76.2 cm³/mol. The van der Waals surface area contributed by atoms with E-state index in [0.717, 1.165) is 47.7 Å². The fourth-order valence-corrected chi connectivity index (χ4v) is 3.20. The van der Waals surface area contributed by atoms with Crippen molar-refractivity contribution < 1.29 is 9.32 Å². The van der Waals surface area contributed by atoms with Gasteiger partial charge >= 0.3 is 0 Å². The molecular formula is C14H16N2O2S. The van der Waals surface area contributed by atoms with Gasteiger partial charge in [-0.15, -0.1) is 0 Å². The van der Waals surface area contributed by atoms with E-state index in [0.29, 0.717) is 6.42 Å². The number of hydrogen-bond acceptors (Lipinski definition) is 4. The second kappa shape index (κ2) is 5.65. The zero-order valence-electron chi connectivity index (χ0n) is 10.7. The number of amides is 1. The first kappa shape index (κ1) is 12.5. The van der Waals surface area contributed by atoms with E-state index in [4.69, 9.17) is 4.52 Å². The lowest BCUT2D eigenvalue weighted by Crippen LogP contribution is -2.34. The average molecular weight is 276 g/mol. The van der Waals surface area contributed by atoms with Crippen molar-refractivity contribution in [3.63, 3.8) is 0 Å². The second-order valence-electron chi connectivity index (χ2n) is 4.65. The number of hydrogen-bond donors (Lipinski definition) is 0. The summed E-state index contributed by atoms with van der Waals surface area (Å²) < 4.78 is 5.24. The largest absolute Gasteiger partial charge is 0.356 e. The molecule has 1 aromatic carbocycles. The van der Waals surface area contributed by atoms with Gasteiger partial charge < -0.3 is 9.42 Å². The maximum Gasteiger partial charge on any atom is 0.228 e. The minimum Gasteiger partial charge on any atom is -0.356 e. The van der Waals surface area contributed by atoms with Crippen LogP contribution in [0.25, 0.3) is 11.0 Å². The van der Waals surface area contributed by atoms with Crippen LogP contribution in [0.2, 0.25) is 0 Å². The number of carbonyl (C=O) groups excluding carboxylic acids is 1. The van der Waals surface area contributed by atoms with Crippen LogP contribution in [0.5, 0.6) is 0 Å². The summed E-state index contributed by atoms with van der Waals surface area (Å²) in [6, 6.07) is 7.67. The molecule has 0 bridgehead atoms. The SMILES string of the molecule is O=C(Cc1noc2ccccc12)N1CCCSCC1. The van der Waals surface area contributed by atoms with Crippen LogP contribution in [0.4, 0.5) is 0 Å². The summed E-state index contributed by atoms with van der Waals surface area (Å²) in [5, 5.41) is 4.97. The molecule has 0 unspecified atom stereocenters. The molecule has 1 amide bonds. The highest BCUT2D eigenvalue weighted by molar-refractivity contribution is 7.99. The van der Waals surface area contributed by atoms with Crippen LogP contribution in [0.3, 0.4) is 0 Å². The Morgan fingerprint density at radius 1 is 1.32 bits per heavy atom. The van der Waals surface area contributed by atoms with Gasteiger partial charge in [0.1, 0.15) is 5.69 Å². The van der Waals surface area contributed by atoms with Crippen molar-refractivity contribution in [2.75, 3.05) is 24.6 Å². The molecule has 0 atom stereocenters. The lowest BCUT2D eigenvalue weighted by Gasteiger charge is -2.19. The molecule has 3 rings (SSSR count). The van der Waals surface area contributed by atoms with Crippen LogP contribution >= 0.6 is 11.8 Å². The highest BCUT2D eigenvalue weighted by Crippen LogP contribution is 2.19. The van der Waals surface area contributed by atoms with Gasteiger partial charge in [0.05, 0.1) is 6.42 Å². The summed E-state index contributed by atoms with van der Waals surface area (Å²) in [6.07, 6.45) is 1.41. The molecule has 1 aromatic heterocycles. The van der Waals surface area contributed by atoms with Crippen LogP contribution in [-0.2, 0) is 11.2 Å². The number of rotatable bonds is 2. The third kappa shape index (κ3) is 2.76. The van der Waals surface area contributed by atoms with Crippen molar-refractivity contribution in [1.82, 2.24) is 10.1 Å². The summed E-state index contributed by atoms with van der Waals surface area (Å²) in [5.41, 5.74) is 1.49. The first-order chi connectivity index (χ1) is 9.34. The van der Waals surface area contributed by atoms with Gasteiger partial charge in [0.2, 0.25) is 5.91 Å². The Morgan fingerprint density at radius 3 is 3.16 bits per heavy atom. The topological polar surface area (TPSA) is 46.3 Å². The summed E-state index contributed by atoms with van der Waals surface area (Å²) >= 11 is 1.92. The van der Waals surface area contributed by atoms with Crippen LogP contribution < -0.4 is 0 Å². The lowest BCUT2D eigenvalue weighted by atomic mass is 10.1. The molecule has 19 heavy (non-hydrogen) atoms. The van der Waals surface area contributed by atoms with E-state index in [-0.39, 0.29) is 5.91 Å². The highest BCUT2D eigenvalue weighted by Gasteiger charge is 2.18. The van der Waals surface area contributed by atoms with E-state index in [1.165, 1.54) is 0 Å². The standard InChI is InChI=1S/C14H16N2O2S/c17-14(16-6-3-8-19-9-7-16)10-12-11-4-1-2-5-13(11)18-15-12/h1-2,4-5H,3,6-10H2. The normalized spacial score (nSPS) is 16.5. The molecule has 1 aliphatic heterocycles. The minimum atomic E-state index is 0.154. The number of fused-ring (bicyclic) bond motifs is 1. The van der Waals surface area contributed by atoms with Crippen molar-refractivity contribution in [1.29, 1.82) is 0 Å². The molecule has 0 saturated carbocycles. The number of thioether (sulfide) groups is 1. The minimum absolute atomic E-state index is 0.154. The molecule has 2 aromatic rings. The van der Waals surface area contributed by atoms with Crippen LogP contribution in [0, 0.1) is 0 Å². The molecule has 5 heteroatoms. The van der Waals surface area contributed by atoms with Gasteiger partial charge in [-0.25, -0.2) is 0 Å². The smallest absolute Gasteiger partial charge is 0.228 e. The molecule has 0 spiro atoms. The first-order valence-corrected chi connectivity index (χ1v) is 7.69. The summed E-state index contributed by atoms with van der Waals surface area (Å²) in [6.45, 7) is 1.71. The summed E-state index contributed by atoms with van der Waals surface area (Å²) in [5.74, 6) is 2.34. The highest BCUT2D eigenvalue weighted by atomic mass is 32.2. The van der Waals surface area contributed by atoms with Crippen LogP contribution in [-0.4, -0.2) is 40.6 Å². The molecule has 1 saturated heterocycles. The van der Waals surface area contributed by atoms with Gasteiger partial charge in [-0.2, -0.15) is 11.8 Å². The van der Waals surface area contributed by atoms with Crippen molar-refractivity contribution in [3.05, 3.63) is 30.0 Å². The number of para-hydroxylation sites is 1. The molecule has 1 aliphatic rings. The van der Waals surface area contributed by atoms with E-state index in [1.54, 1.807) is 0 Å². The predicted octanol–water partition coefficient (Wildman–Crippen LogP) is 2.34. The molecular weight excluding hydrogens is 260 g/mol. The summed E-state index contributed by atoms with van der Waals surface area (Å²) in [7, 11) is 0. The Labute approximate surface area is 116 Å². The van der Waals surface area contributed by atoms with E-state index in [1.807, 2.05) is 40.9 Å². The van der Waals surface area contributed by atoms with Crippen LogP contribution in [0.1, 0.15) is 12.1 Å². The Kier molecular flexibility index (Phi) is 3.73. The molecule has 4 nitrogen and oxygen atoms in total. The zero-order valence-corrected chi connectivity index (χ0v) is 11.5. The third-order valence-corrected chi connectivity index (χ3v) is 4.39. The molecule has 2 heterocycles. The summed E-state index contributed by atoms with van der Waals surface area (Å²) in [4.78, 5) is 14.2. The molecule has 100 valence electrons. The van der Waals surface area contributed by atoms with Gasteiger partial charge in [-0.1, -0.05) is 17.3 Å². The molecule has 0 aliphatic carbocycles. The van der Waals surface area contributed by atoms with Crippen molar-refractivity contribution in [2.45, 2.75) is 12.8 Å². The van der Waals surface area contributed by atoms with Crippen molar-refractivity contribution in [2.24, 2.45) is 0 Å². The Bertz CT molecular complexity index is 574.